The highest BCUT2D eigenvalue weighted by Gasteiger charge is 2.23. The summed E-state index contributed by atoms with van der Waals surface area (Å²) >= 11 is 0. The van der Waals surface area contributed by atoms with Crippen molar-refractivity contribution in [2.24, 2.45) is 0 Å². The van der Waals surface area contributed by atoms with Crippen LogP contribution in [0.15, 0.2) is 18.5 Å². The number of rotatable bonds is 3. The van der Waals surface area contributed by atoms with Crippen LogP contribution in [0.5, 0.6) is 0 Å². The summed E-state index contributed by atoms with van der Waals surface area (Å²) in [5.74, 6) is 1.11. The summed E-state index contributed by atoms with van der Waals surface area (Å²) in [6.07, 6.45) is 3.26. The summed E-state index contributed by atoms with van der Waals surface area (Å²) in [6.45, 7) is 3.87. The first-order valence-electron chi connectivity index (χ1n) is 6.04. The molecule has 0 atom stereocenters. The second-order valence-corrected chi connectivity index (χ2v) is 5.79. The van der Waals surface area contributed by atoms with Crippen molar-refractivity contribution in [2.75, 3.05) is 36.5 Å². The van der Waals surface area contributed by atoms with Gasteiger partial charge in [0.05, 0.1) is 11.3 Å². The third-order valence-electron chi connectivity index (χ3n) is 2.88. The van der Waals surface area contributed by atoms with E-state index >= 15 is 0 Å². The van der Waals surface area contributed by atoms with Gasteiger partial charge in [0.25, 0.3) is 5.91 Å². The van der Waals surface area contributed by atoms with Gasteiger partial charge in [0.1, 0.15) is 0 Å². The normalized spacial score (nSPS) is 16.6. The molecule has 2 heterocycles. The summed E-state index contributed by atoms with van der Waals surface area (Å²) in [5.41, 5.74) is 1.40. The van der Waals surface area contributed by atoms with Crippen molar-refractivity contribution >= 4 is 22.4 Å². The van der Waals surface area contributed by atoms with Gasteiger partial charge in [-0.15, -0.1) is 0 Å². The van der Waals surface area contributed by atoms with Crippen molar-refractivity contribution < 1.29 is 9.00 Å². The monoisotopic (exact) mass is 267 g/mol. The van der Waals surface area contributed by atoms with Crippen LogP contribution in [0.3, 0.4) is 0 Å². The minimum absolute atomic E-state index is 0.0317. The van der Waals surface area contributed by atoms with Crippen molar-refractivity contribution in [3.8, 4) is 0 Å². The Bertz CT molecular complexity index is 454. The highest BCUT2D eigenvalue weighted by Crippen LogP contribution is 2.16. The number of amides is 1. The lowest BCUT2D eigenvalue weighted by molar-refractivity contribution is 0.0772. The molecular weight excluding hydrogens is 250 g/mol. The summed E-state index contributed by atoms with van der Waals surface area (Å²) in [4.78, 5) is 18.1. The predicted octanol–water partition coefficient (Wildman–Crippen LogP) is 0.718. The average molecular weight is 267 g/mol. The van der Waals surface area contributed by atoms with Gasteiger partial charge in [0.2, 0.25) is 0 Å². The SMILES string of the molecule is CCNc1ccncc1C(=O)N1CCS(=O)CC1. The molecule has 0 radical (unpaired) electrons. The summed E-state index contributed by atoms with van der Waals surface area (Å²) in [5, 5.41) is 3.16. The number of anilines is 1. The van der Waals surface area contributed by atoms with E-state index in [2.05, 4.69) is 10.3 Å². The molecule has 0 spiro atoms. The number of nitrogens with zero attached hydrogens (tertiary/aromatic N) is 2. The molecule has 0 aromatic carbocycles. The first-order chi connectivity index (χ1) is 8.72. The fourth-order valence-electron chi connectivity index (χ4n) is 1.92. The molecular formula is C12H17N3O2S. The number of carbonyl (C=O) groups is 1. The Morgan fingerprint density at radius 1 is 1.50 bits per heavy atom. The Balaban J connectivity index is 2.15. The van der Waals surface area contributed by atoms with Gasteiger partial charge in [-0.25, -0.2) is 0 Å². The van der Waals surface area contributed by atoms with Crippen molar-refractivity contribution in [1.29, 1.82) is 0 Å². The lowest BCUT2D eigenvalue weighted by atomic mass is 10.2. The van der Waals surface area contributed by atoms with Gasteiger partial charge in [0.15, 0.2) is 0 Å². The smallest absolute Gasteiger partial charge is 0.257 e. The number of hydrogen-bond acceptors (Lipinski definition) is 4. The molecule has 2 rings (SSSR count). The van der Waals surface area contributed by atoms with Crippen LogP contribution in [-0.2, 0) is 10.8 Å². The molecule has 1 aliphatic rings. The number of carbonyl (C=O) groups excluding carboxylic acids is 1. The largest absolute Gasteiger partial charge is 0.385 e. The third kappa shape index (κ3) is 2.87. The van der Waals surface area contributed by atoms with Crippen LogP contribution < -0.4 is 5.32 Å². The van der Waals surface area contributed by atoms with E-state index in [9.17, 15) is 9.00 Å². The molecule has 1 fully saturated rings. The zero-order valence-electron chi connectivity index (χ0n) is 10.4. The van der Waals surface area contributed by atoms with Crippen molar-refractivity contribution in [1.82, 2.24) is 9.88 Å². The van der Waals surface area contributed by atoms with Gasteiger partial charge in [-0.2, -0.15) is 0 Å². The Morgan fingerprint density at radius 2 is 2.22 bits per heavy atom. The van der Waals surface area contributed by atoms with E-state index in [4.69, 9.17) is 0 Å². The van der Waals surface area contributed by atoms with Gasteiger partial charge in [0, 0.05) is 54.3 Å². The van der Waals surface area contributed by atoms with Crippen LogP contribution >= 0.6 is 0 Å². The molecule has 1 N–H and O–H groups in total. The topological polar surface area (TPSA) is 62.3 Å². The molecule has 1 aromatic heterocycles. The maximum absolute atomic E-state index is 12.3. The molecule has 1 saturated heterocycles. The second-order valence-electron chi connectivity index (χ2n) is 4.09. The number of hydrogen-bond donors (Lipinski definition) is 1. The fraction of sp³-hybridized carbons (Fsp3) is 0.500. The van der Waals surface area contributed by atoms with Crippen LogP contribution in [0.25, 0.3) is 0 Å². The highest BCUT2D eigenvalue weighted by molar-refractivity contribution is 7.85. The molecule has 1 aromatic rings. The van der Waals surface area contributed by atoms with Crippen molar-refractivity contribution in [3.05, 3.63) is 24.0 Å². The lowest BCUT2D eigenvalue weighted by Crippen LogP contribution is -2.42. The Kier molecular flexibility index (Phi) is 4.30. The van der Waals surface area contributed by atoms with Crippen molar-refractivity contribution in [3.63, 3.8) is 0 Å². The zero-order chi connectivity index (χ0) is 13.0. The minimum Gasteiger partial charge on any atom is -0.385 e. The minimum atomic E-state index is -0.768. The molecule has 0 bridgehead atoms. The number of pyridine rings is 1. The summed E-state index contributed by atoms with van der Waals surface area (Å²) in [6, 6.07) is 1.80. The molecule has 0 aliphatic carbocycles. The van der Waals surface area contributed by atoms with Crippen LogP contribution in [-0.4, -0.2) is 51.1 Å². The first kappa shape index (κ1) is 13.0. The highest BCUT2D eigenvalue weighted by atomic mass is 32.2. The quantitative estimate of drug-likeness (QED) is 0.876. The third-order valence-corrected chi connectivity index (χ3v) is 4.16. The molecule has 0 saturated carbocycles. The maximum atomic E-state index is 12.3. The molecule has 18 heavy (non-hydrogen) atoms. The first-order valence-corrected chi connectivity index (χ1v) is 7.53. The predicted molar refractivity (Wildman–Crippen MR) is 72.2 cm³/mol. The van der Waals surface area contributed by atoms with Gasteiger partial charge < -0.3 is 10.2 Å². The van der Waals surface area contributed by atoms with Crippen LogP contribution in [0.2, 0.25) is 0 Å². The van der Waals surface area contributed by atoms with Crippen LogP contribution in [0.1, 0.15) is 17.3 Å². The Morgan fingerprint density at radius 3 is 2.89 bits per heavy atom. The Labute approximate surface area is 109 Å². The Hall–Kier alpha value is -1.43. The molecule has 5 nitrogen and oxygen atoms in total. The molecule has 1 aliphatic heterocycles. The maximum Gasteiger partial charge on any atom is 0.257 e. The standard InChI is InChI=1S/C12H17N3O2S/c1-2-14-11-3-4-13-9-10(11)12(16)15-5-7-18(17)8-6-15/h3-4,9H,2,5-8H2,1H3,(H,13,14). The van der Waals surface area contributed by atoms with Gasteiger partial charge >= 0.3 is 0 Å². The summed E-state index contributed by atoms with van der Waals surface area (Å²) < 4.78 is 11.3. The van der Waals surface area contributed by atoms with E-state index in [1.165, 1.54) is 0 Å². The molecule has 98 valence electrons. The van der Waals surface area contributed by atoms with Gasteiger partial charge in [-0.3, -0.25) is 14.0 Å². The fourth-order valence-corrected chi connectivity index (χ4v) is 2.97. The van der Waals surface area contributed by atoms with E-state index in [0.29, 0.717) is 30.2 Å². The summed E-state index contributed by atoms with van der Waals surface area (Å²) in [7, 11) is -0.768. The number of aromatic nitrogens is 1. The van der Waals surface area contributed by atoms with E-state index < -0.39 is 10.8 Å². The van der Waals surface area contributed by atoms with Gasteiger partial charge in [-0.05, 0) is 13.0 Å². The zero-order valence-corrected chi connectivity index (χ0v) is 11.2. The van der Waals surface area contributed by atoms with Crippen LogP contribution in [0.4, 0.5) is 5.69 Å². The van der Waals surface area contributed by atoms with E-state index in [1.807, 2.05) is 6.92 Å². The van der Waals surface area contributed by atoms with E-state index in [-0.39, 0.29) is 5.91 Å². The van der Waals surface area contributed by atoms with Gasteiger partial charge in [-0.1, -0.05) is 0 Å². The van der Waals surface area contributed by atoms with Crippen molar-refractivity contribution in [2.45, 2.75) is 6.92 Å². The average Bonchev–Trinajstić information content (AvgIpc) is 2.40. The molecule has 6 heteroatoms. The molecule has 0 unspecified atom stereocenters. The van der Waals surface area contributed by atoms with E-state index in [0.717, 1.165) is 12.2 Å². The van der Waals surface area contributed by atoms with E-state index in [1.54, 1.807) is 23.4 Å². The lowest BCUT2D eigenvalue weighted by Gasteiger charge is -2.27. The number of nitrogens with one attached hydrogen (secondary N) is 1. The van der Waals surface area contributed by atoms with Crippen LogP contribution in [0, 0.1) is 0 Å². The second kappa shape index (κ2) is 5.95. The molecule has 1 amide bonds.